The first-order valence-electron chi connectivity index (χ1n) is 12.3. The molecule has 0 aliphatic heterocycles. The number of hydrogen-bond donors (Lipinski definition) is 1. The molecule has 3 aromatic carbocycles. The fourth-order valence-electron chi connectivity index (χ4n) is 3.94. The molecule has 1 heterocycles. The smallest absolute Gasteiger partial charge is 0.338 e. The van der Waals surface area contributed by atoms with E-state index in [1.54, 1.807) is 57.2 Å². The molecule has 0 saturated carbocycles. The van der Waals surface area contributed by atoms with Crippen LogP contribution >= 0.6 is 11.6 Å². The van der Waals surface area contributed by atoms with Crippen LogP contribution < -0.4 is 19.5 Å². The van der Waals surface area contributed by atoms with Crippen molar-refractivity contribution < 1.29 is 32.9 Å². The molecule has 0 bridgehead atoms. The van der Waals surface area contributed by atoms with Crippen molar-refractivity contribution in [2.24, 2.45) is 5.41 Å². The summed E-state index contributed by atoms with van der Waals surface area (Å²) in [4.78, 5) is 30.2. The minimum Gasteiger partial charge on any atom is -0.493 e. The first kappa shape index (κ1) is 28.6. The van der Waals surface area contributed by atoms with Gasteiger partial charge in [0.2, 0.25) is 0 Å². The number of carbonyl (C=O) groups excluding carboxylic acids is 2. The molecule has 0 aliphatic carbocycles. The van der Waals surface area contributed by atoms with Crippen molar-refractivity contribution in [3.05, 3.63) is 83.3 Å². The van der Waals surface area contributed by atoms with Crippen LogP contribution in [0.5, 0.6) is 23.0 Å². The molecule has 1 unspecified atom stereocenters. The summed E-state index contributed by atoms with van der Waals surface area (Å²) in [6, 6.07) is 15.2. The number of hydrogen-bond acceptors (Lipinski definition) is 7. The Labute approximate surface area is 236 Å². The van der Waals surface area contributed by atoms with Crippen molar-refractivity contribution in [3.8, 4) is 23.0 Å². The van der Waals surface area contributed by atoms with E-state index in [1.165, 1.54) is 38.6 Å². The predicted molar refractivity (Wildman–Crippen MR) is 150 cm³/mol. The van der Waals surface area contributed by atoms with Gasteiger partial charge in [0, 0.05) is 39.8 Å². The minimum atomic E-state index is -1.17. The molecule has 208 valence electrons. The van der Waals surface area contributed by atoms with Crippen molar-refractivity contribution in [3.63, 3.8) is 0 Å². The van der Waals surface area contributed by atoms with Crippen LogP contribution in [0.4, 0.5) is 10.1 Å². The summed E-state index contributed by atoms with van der Waals surface area (Å²) < 4.78 is 37.2. The SMILES string of the molecule is COc1cc2nccc(Oc3ccc(NC(=O)C(OC(=O)c4cccc(Cl)c4)C(C)(C)C)cc3F)c2cc1OC. The lowest BCUT2D eigenvalue weighted by atomic mass is 9.88. The van der Waals surface area contributed by atoms with Crippen molar-refractivity contribution in [1.29, 1.82) is 0 Å². The lowest BCUT2D eigenvalue weighted by Crippen LogP contribution is -2.42. The van der Waals surface area contributed by atoms with Crippen LogP contribution in [-0.2, 0) is 9.53 Å². The van der Waals surface area contributed by atoms with Gasteiger partial charge in [-0.25, -0.2) is 9.18 Å². The summed E-state index contributed by atoms with van der Waals surface area (Å²) in [5.74, 6) is -0.786. The van der Waals surface area contributed by atoms with E-state index in [0.717, 1.165) is 6.07 Å². The second-order valence-electron chi connectivity index (χ2n) is 9.93. The summed E-state index contributed by atoms with van der Waals surface area (Å²) >= 11 is 5.97. The van der Waals surface area contributed by atoms with Crippen molar-refractivity contribution in [1.82, 2.24) is 4.98 Å². The van der Waals surface area contributed by atoms with E-state index in [4.69, 9.17) is 30.5 Å². The normalized spacial score (nSPS) is 12.0. The number of methoxy groups -OCH3 is 2. The lowest BCUT2D eigenvalue weighted by Gasteiger charge is -2.29. The predicted octanol–water partition coefficient (Wildman–Crippen LogP) is 7.05. The molecule has 0 spiro atoms. The summed E-state index contributed by atoms with van der Waals surface area (Å²) in [5, 5.41) is 3.58. The van der Waals surface area contributed by atoms with Crippen LogP contribution in [0.1, 0.15) is 31.1 Å². The molecule has 40 heavy (non-hydrogen) atoms. The number of halogens is 2. The maximum Gasteiger partial charge on any atom is 0.338 e. The summed E-state index contributed by atoms with van der Waals surface area (Å²) in [7, 11) is 3.03. The molecule has 1 aromatic heterocycles. The molecular weight excluding hydrogens is 539 g/mol. The van der Waals surface area contributed by atoms with Gasteiger partial charge >= 0.3 is 5.97 Å². The quantitative estimate of drug-likeness (QED) is 0.228. The number of benzene rings is 3. The molecular formula is C30H28ClFN2O6. The van der Waals surface area contributed by atoms with Gasteiger partial charge in [0.1, 0.15) is 5.75 Å². The first-order valence-corrected chi connectivity index (χ1v) is 12.6. The van der Waals surface area contributed by atoms with Crippen LogP contribution in [0, 0.1) is 11.2 Å². The molecule has 4 rings (SSSR count). The lowest BCUT2D eigenvalue weighted by molar-refractivity contribution is -0.130. The van der Waals surface area contributed by atoms with Gasteiger partial charge in [0.05, 0.1) is 25.3 Å². The third kappa shape index (κ3) is 6.43. The number of nitrogens with one attached hydrogen (secondary N) is 1. The highest BCUT2D eigenvalue weighted by molar-refractivity contribution is 6.30. The van der Waals surface area contributed by atoms with Gasteiger partial charge in [-0.2, -0.15) is 0 Å². The maximum absolute atomic E-state index is 15.1. The molecule has 0 aliphatic rings. The second kappa shape index (κ2) is 11.8. The Bertz CT molecular complexity index is 1570. The van der Waals surface area contributed by atoms with Gasteiger partial charge < -0.3 is 24.3 Å². The Morgan fingerprint density at radius 3 is 2.30 bits per heavy atom. The van der Waals surface area contributed by atoms with Gasteiger partial charge in [-0.05, 0) is 42.5 Å². The number of aromatic nitrogens is 1. The number of anilines is 1. The Hall–Kier alpha value is -4.37. The van der Waals surface area contributed by atoms with E-state index >= 15 is 4.39 Å². The number of esters is 1. The average molecular weight is 567 g/mol. The fourth-order valence-corrected chi connectivity index (χ4v) is 4.13. The summed E-state index contributed by atoms with van der Waals surface area (Å²) in [6.45, 7) is 5.26. The van der Waals surface area contributed by atoms with Gasteiger partial charge in [0.15, 0.2) is 29.2 Å². The maximum atomic E-state index is 15.1. The molecule has 10 heteroatoms. The highest BCUT2D eigenvalue weighted by atomic mass is 35.5. The zero-order chi connectivity index (χ0) is 29.0. The molecule has 1 N–H and O–H groups in total. The largest absolute Gasteiger partial charge is 0.493 e. The van der Waals surface area contributed by atoms with Crippen LogP contribution in [0.25, 0.3) is 10.9 Å². The summed E-state index contributed by atoms with van der Waals surface area (Å²) in [5.41, 5.74) is 0.183. The van der Waals surface area contributed by atoms with Gasteiger partial charge in [-0.1, -0.05) is 38.4 Å². The van der Waals surface area contributed by atoms with Crippen molar-refractivity contribution in [2.45, 2.75) is 26.9 Å². The number of fused-ring (bicyclic) bond motifs is 1. The first-order chi connectivity index (χ1) is 19.0. The highest BCUT2D eigenvalue weighted by Gasteiger charge is 2.35. The van der Waals surface area contributed by atoms with Crippen LogP contribution in [0.15, 0.2) is 66.9 Å². The third-order valence-electron chi connectivity index (χ3n) is 5.94. The second-order valence-corrected chi connectivity index (χ2v) is 10.4. The van der Waals surface area contributed by atoms with Crippen LogP contribution in [-0.4, -0.2) is 37.2 Å². The van der Waals surface area contributed by atoms with Crippen molar-refractivity contribution in [2.75, 3.05) is 19.5 Å². The number of carbonyl (C=O) groups is 2. The monoisotopic (exact) mass is 566 g/mol. The molecule has 1 amide bonds. The zero-order valence-corrected chi connectivity index (χ0v) is 23.3. The molecule has 4 aromatic rings. The van der Waals surface area contributed by atoms with Crippen LogP contribution in [0.3, 0.4) is 0 Å². The zero-order valence-electron chi connectivity index (χ0n) is 22.6. The number of amides is 1. The Kier molecular flexibility index (Phi) is 8.44. The Morgan fingerprint density at radius 2 is 1.65 bits per heavy atom. The molecule has 0 fully saturated rings. The fraction of sp³-hybridized carbons (Fsp3) is 0.233. The number of ether oxygens (including phenoxy) is 4. The molecule has 1 atom stereocenters. The molecule has 0 saturated heterocycles. The van der Waals surface area contributed by atoms with Crippen LogP contribution in [0.2, 0.25) is 5.02 Å². The van der Waals surface area contributed by atoms with E-state index in [-0.39, 0.29) is 17.0 Å². The number of rotatable bonds is 8. The van der Waals surface area contributed by atoms with E-state index in [1.807, 2.05) is 0 Å². The van der Waals surface area contributed by atoms with Crippen molar-refractivity contribution >= 4 is 40.1 Å². The third-order valence-corrected chi connectivity index (χ3v) is 6.17. The number of pyridine rings is 1. The average Bonchev–Trinajstić information content (AvgIpc) is 2.91. The van der Waals surface area contributed by atoms with Gasteiger partial charge in [0.25, 0.3) is 5.91 Å². The van der Waals surface area contributed by atoms with E-state index in [0.29, 0.717) is 33.2 Å². The van der Waals surface area contributed by atoms with E-state index in [9.17, 15) is 9.59 Å². The number of nitrogens with zero attached hydrogens (tertiary/aromatic N) is 1. The molecule has 8 nitrogen and oxygen atoms in total. The van der Waals surface area contributed by atoms with E-state index in [2.05, 4.69) is 10.3 Å². The highest BCUT2D eigenvalue weighted by Crippen LogP contribution is 2.37. The van der Waals surface area contributed by atoms with E-state index < -0.39 is 29.2 Å². The Balaban J connectivity index is 1.53. The van der Waals surface area contributed by atoms with Gasteiger partial charge in [-0.3, -0.25) is 9.78 Å². The summed E-state index contributed by atoms with van der Waals surface area (Å²) in [6.07, 6.45) is 0.362. The van der Waals surface area contributed by atoms with Gasteiger partial charge in [-0.15, -0.1) is 0 Å². The topological polar surface area (TPSA) is 96.0 Å². The standard InChI is InChI=1S/C30H28ClFN2O6/c1-30(2,3)27(40-29(36)17-7-6-8-18(31)13-17)28(35)34-19-9-10-24(21(32)14-19)39-23-11-12-33-22-16-26(38-5)25(37-4)15-20(22)23/h6-16,27H,1-5H3,(H,34,35). The minimum absolute atomic E-state index is 0.0694. The molecule has 0 radical (unpaired) electrons. The Morgan fingerprint density at radius 1 is 0.925 bits per heavy atom.